The van der Waals surface area contributed by atoms with E-state index in [0.717, 1.165) is 73.8 Å². The normalized spacial score (nSPS) is 14.8. The van der Waals surface area contributed by atoms with Gasteiger partial charge in [-0.1, -0.05) is 24.3 Å². The molecule has 204 valence electrons. The summed E-state index contributed by atoms with van der Waals surface area (Å²) in [6.45, 7) is 5.50. The Bertz CT molecular complexity index is 1470. The molecule has 0 aromatic heterocycles. The van der Waals surface area contributed by atoms with Crippen LogP contribution in [0.1, 0.15) is 23.6 Å². The molecule has 0 amide bonds. The Balaban J connectivity index is 1.05. The second kappa shape index (κ2) is 11.5. The highest BCUT2D eigenvalue weighted by atomic mass is 19.1. The molecule has 3 heterocycles. The maximum absolute atomic E-state index is 13.6. The van der Waals surface area contributed by atoms with E-state index >= 15 is 0 Å². The van der Waals surface area contributed by atoms with Gasteiger partial charge in [0, 0.05) is 50.7 Å². The molecule has 1 fully saturated rings. The summed E-state index contributed by atoms with van der Waals surface area (Å²) in [6, 6.07) is 22.2. The van der Waals surface area contributed by atoms with Crippen LogP contribution in [0.25, 0.3) is 22.8 Å². The standard InChI is InChI=1S/C32H31F2N5O/c33-26-8-2-23(3-9-26)31(24-4-10-27(34)11-5-24)39-20-18-37(19-21-39)15-1-16-38-17-14-29-30(22-38)36-32(35-29)25-6-12-28(40)13-7-25/h2-14,17,22,31,40H,1,15-16,18-21H2. The number of piperazine rings is 1. The molecule has 0 spiro atoms. The van der Waals surface area contributed by atoms with Gasteiger partial charge in [0.05, 0.1) is 11.7 Å². The molecule has 3 aromatic rings. The second-order valence-electron chi connectivity index (χ2n) is 10.3. The minimum absolute atomic E-state index is 0.0391. The number of benzene rings is 3. The van der Waals surface area contributed by atoms with E-state index in [1.807, 2.05) is 54.9 Å². The SMILES string of the molecule is Oc1ccc(-c2nc3ccn(CCCN4CCN(C(c5ccc(F)cc5)c5ccc(F)cc5)CC4)cc-3n2)cc1. The largest absolute Gasteiger partial charge is 0.508 e. The van der Waals surface area contributed by atoms with E-state index in [-0.39, 0.29) is 23.4 Å². The molecule has 8 heteroatoms. The molecule has 6 rings (SSSR count). The van der Waals surface area contributed by atoms with Crippen molar-refractivity contribution in [2.24, 2.45) is 0 Å². The number of nitrogens with zero attached hydrogens (tertiary/aromatic N) is 5. The number of aromatic nitrogens is 3. The van der Waals surface area contributed by atoms with Gasteiger partial charge in [0.15, 0.2) is 5.82 Å². The lowest BCUT2D eigenvalue weighted by Crippen LogP contribution is -2.48. The number of aromatic hydroxyl groups is 1. The van der Waals surface area contributed by atoms with Gasteiger partial charge in [0.1, 0.15) is 23.1 Å². The lowest BCUT2D eigenvalue weighted by Gasteiger charge is -2.40. The summed E-state index contributed by atoms with van der Waals surface area (Å²) in [5.41, 5.74) is 4.61. The zero-order valence-corrected chi connectivity index (χ0v) is 22.1. The van der Waals surface area contributed by atoms with Crippen molar-refractivity contribution >= 4 is 0 Å². The van der Waals surface area contributed by atoms with Gasteiger partial charge in [0.25, 0.3) is 0 Å². The summed E-state index contributed by atoms with van der Waals surface area (Å²) < 4.78 is 29.4. The summed E-state index contributed by atoms with van der Waals surface area (Å²) in [7, 11) is 0. The van der Waals surface area contributed by atoms with Crippen LogP contribution >= 0.6 is 0 Å². The fourth-order valence-corrected chi connectivity index (χ4v) is 5.46. The van der Waals surface area contributed by atoms with Crippen molar-refractivity contribution in [3.63, 3.8) is 0 Å². The maximum Gasteiger partial charge on any atom is 0.160 e. The fourth-order valence-electron chi connectivity index (χ4n) is 5.46. The van der Waals surface area contributed by atoms with Crippen molar-refractivity contribution < 1.29 is 13.9 Å². The molecule has 6 nitrogen and oxygen atoms in total. The van der Waals surface area contributed by atoms with E-state index in [4.69, 9.17) is 0 Å². The van der Waals surface area contributed by atoms with E-state index in [0.29, 0.717) is 5.82 Å². The first-order valence-electron chi connectivity index (χ1n) is 13.6. The molecule has 1 saturated heterocycles. The number of fused-ring (bicyclic) bond motifs is 1. The molecule has 0 unspecified atom stereocenters. The molecule has 40 heavy (non-hydrogen) atoms. The van der Waals surface area contributed by atoms with Crippen molar-refractivity contribution in [2.45, 2.75) is 19.0 Å². The Morgan fingerprint density at radius 3 is 1.93 bits per heavy atom. The van der Waals surface area contributed by atoms with Crippen LogP contribution in [0, 0.1) is 11.6 Å². The van der Waals surface area contributed by atoms with Crippen LogP contribution in [0.15, 0.2) is 91.3 Å². The highest BCUT2D eigenvalue weighted by molar-refractivity contribution is 5.65. The zero-order valence-electron chi connectivity index (χ0n) is 22.1. The number of phenols is 1. The van der Waals surface area contributed by atoms with Crippen molar-refractivity contribution in [2.75, 3.05) is 32.7 Å². The average molecular weight is 540 g/mol. The Morgan fingerprint density at radius 1 is 0.700 bits per heavy atom. The van der Waals surface area contributed by atoms with E-state index in [1.165, 1.54) is 24.3 Å². The number of hydrogen-bond donors (Lipinski definition) is 1. The third kappa shape index (κ3) is 5.88. The van der Waals surface area contributed by atoms with Crippen LogP contribution in [-0.4, -0.2) is 62.2 Å². The van der Waals surface area contributed by atoms with Gasteiger partial charge in [-0.25, -0.2) is 18.7 Å². The van der Waals surface area contributed by atoms with Gasteiger partial charge in [-0.15, -0.1) is 0 Å². The van der Waals surface area contributed by atoms with Crippen LogP contribution in [0.2, 0.25) is 0 Å². The molecular formula is C32H31F2N5O. The predicted molar refractivity (Wildman–Crippen MR) is 151 cm³/mol. The topological polar surface area (TPSA) is 57.4 Å². The Labute approximate surface area is 232 Å². The van der Waals surface area contributed by atoms with Crippen LogP contribution in [0.5, 0.6) is 5.75 Å². The minimum Gasteiger partial charge on any atom is -0.508 e. The Hall–Kier alpha value is -4.14. The predicted octanol–water partition coefficient (Wildman–Crippen LogP) is 5.83. The first-order chi connectivity index (χ1) is 19.5. The summed E-state index contributed by atoms with van der Waals surface area (Å²) in [5.74, 6) is 0.364. The number of hydrogen-bond acceptors (Lipinski definition) is 5. The van der Waals surface area contributed by atoms with E-state index < -0.39 is 0 Å². The van der Waals surface area contributed by atoms with Crippen LogP contribution < -0.4 is 0 Å². The minimum atomic E-state index is -0.258. The molecule has 0 radical (unpaired) electrons. The third-order valence-electron chi connectivity index (χ3n) is 7.59. The zero-order chi connectivity index (χ0) is 27.5. The summed E-state index contributed by atoms with van der Waals surface area (Å²) >= 11 is 0. The Morgan fingerprint density at radius 2 is 1.30 bits per heavy atom. The summed E-state index contributed by atoms with van der Waals surface area (Å²) in [5, 5.41) is 9.53. The number of halogens is 2. The molecule has 0 atom stereocenters. The van der Waals surface area contributed by atoms with E-state index in [1.54, 1.807) is 12.1 Å². The van der Waals surface area contributed by atoms with Gasteiger partial charge in [-0.05, 0) is 78.7 Å². The summed E-state index contributed by atoms with van der Waals surface area (Å²) in [4.78, 5) is 14.2. The average Bonchev–Trinajstić information content (AvgIpc) is 3.40. The second-order valence-corrected chi connectivity index (χ2v) is 10.3. The van der Waals surface area contributed by atoms with Crippen molar-refractivity contribution in [3.8, 4) is 28.5 Å². The number of pyridine rings is 1. The quantitative estimate of drug-likeness (QED) is 0.269. The summed E-state index contributed by atoms with van der Waals surface area (Å²) in [6.07, 6.45) is 5.10. The third-order valence-corrected chi connectivity index (χ3v) is 7.59. The van der Waals surface area contributed by atoms with Crippen molar-refractivity contribution in [3.05, 3.63) is 114 Å². The van der Waals surface area contributed by atoms with Gasteiger partial charge < -0.3 is 14.6 Å². The molecular weight excluding hydrogens is 508 g/mol. The monoisotopic (exact) mass is 539 g/mol. The molecule has 3 aromatic carbocycles. The lowest BCUT2D eigenvalue weighted by molar-refractivity contribution is 0.107. The smallest absolute Gasteiger partial charge is 0.160 e. The lowest BCUT2D eigenvalue weighted by atomic mass is 9.96. The number of rotatable bonds is 8. The number of aryl methyl sites for hydroxylation is 1. The molecule has 3 aliphatic heterocycles. The number of phenolic OH excluding ortho intramolecular Hbond substituents is 1. The van der Waals surface area contributed by atoms with Crippen molar-refractivity contribution in [1.29, 1.82) is 0 Å². The van der Waals surface area contributed by atoms with Crippen LogP contribution in [0.3, 0.4) is 0 Å². The molecule has 0 saturated carbocycles. The fraction of sp³-hybridized carbons (Fsp3) is 0.250. The molecule has 3 aliphatic rings. The van der Waals surface area contributed by atoms with Gasteiger partial charge >= 0.3 is 0 Å². The number of imidazole rings is 1. The van der Waals surface area contributed by atoms with Gasteiger partial charge in [-0.3, -0.25) is 4.90 Å². The maximum atomic E-state index is 13.6. The first kappa shape index (κ1) is 26.1. The molecule has 1 N–H and O–H groups in total. The van der Waals surface area contributed by atoms with Gasteiger partial charge in [0.2, 0.25) is 0 Å². The molecule has 0 aliphatic carbocycles. The molecule has 0 bridgehead atoms. The highest BCUT2D eigenvalue weighted by Crippen LogP contribution is 2.30. The van der Waals surface area contributed by atoms with Crippen LogP contribution in [-0.2, 0) is 6.54 Å². The van der Waals surface area contributed by atoms with E-state index in [2.05, 4.69) is 24.3 Å². The first-order valence-corrected chi connectivity index (χ1v) is 13.6. The van der Waals surface area contributed by atoms with Crippen molar-refractivity contribution in [1.82, 2.24) is 24.3 Å². The van der Waals surface area contributed by atoms with E-state index in [9.17, 15) is 13.9 Å². The highest BCUT2D eigenvalue weighted by Gasteiger charge is 2.26. The van der Waals surface area contributed by atoms with Crippen LogP contribution in [0.4, 0.5) is 8.78 Å². The van der Waals surface area contributed by atoms with Gasteiger partial charge in [-0.2, -0.15) is 0 Å². The Kier molecular flexibility index (Phi) is 7.53.